The zero-order valence-corrected chi connectivity index (χ0v) is 9.57. The number of hydrogen-bond acceptors (Lipinski definition) is 3. The molecule has 1 rings (SSSR count). The molecular formula is C11H24N2O. The van der Waals surface area contributed by atoms with Crippen LogP contribution in [0.4, 0.5) is 0 Å². The molecule has 0 aromatic carbocycles. The van der Waals surface area contributed by atoms with Crippen molar-refractivity contribution in [1.82, 2.24) is 10.6 Å². The van der Waals surface area contributed by atoms with Crippen LogP contribution in [-0.2, 0) is 4.74 Å². The summed E-state index contributed by atoms with van der Waals surface area (Å²) in [6.07, 6.45) is 3.90. The third kappa shape index (κ3) is 3.56. The highest BCUT2D eigenvalue weighted by atomic mass is 16.5. The maximum Gasteiger partial charge on any atom is 0.0587 e. The van der Waals surface area contributed by atoms with Crippen molar-refractivity contribution < 1.29 is 4.74 Å². The molecule has 0 unspecified atom stereocenters. The van der Waals surface area contributed by atoms with Crippen LogP contribution in [0.15, 0.2) is 0 Å². The summed E-state index contributed by atoms with van der Waals surface area (Å²) >= 11 is 0. The van der Waals surface area contributed by atoms with Crippen molar-refractivity contribution in [3.8, 4) is 0 Å². The molecule has 3 heteroatoms. The maximum atomic E-state index is 5.02. The van der Waals surface area contributed by atoms with Gasteiger partial charge in [-0.25, -0.2) is 0 Å². The summed E-state index contributed by atoms with van der Waals surface area (Å²) in [5, 5.41) is 6.92. The van der Waals surface area contributed by atoms with Crippen LogP contribution in [0.2, 0.25) is 0 Å². The topological polar surface area (TPSA) is 33.3 Å². The van der Waals surface area contributed by atoms with Gasteiger partial charge in [-0.15, -0.1) is 0 Å². The molecule has 1 aliphatic rings. The van der Waals surface area contributed by atoms with E-state index in [9.17, 15) is 0 Å². The summed E-state index contributed by atoms with van der Waals surface area (Å²) < 4.78 is 5.02. The number of hydrogen-bond donors (Lipinski definition) is 2. The van der Waals surface area contributed by atoms with Crippen LogP contribution in [-0.4, -0.2) is 39.9 Å². The minimum Gasteiger partial charge on any atom is -0.383 e. The Hall–Kier alpha value is -0.120. The van der Waals surface area contributed by atoms with Gasteiger partial charge in [0.25, 0.3) is 0 Å². The van der Waals surface area contributed by atoms with E-state index in [1.54, 1.807) is 7.11 Å². The van der Waals surface area contributed by atoms with E-state index in [1.165, 1.54) is 32.4 Å². The van der Waals surface area contributed by atoms with Crippen molar-refractivity contribution >= 4 is 0 Å². The van der Waals surface area contributed by atoms with E-state index in [-0.39, 0.29) is 0 Å². The summed E-state index contributed by atoms with van der Waals surface area (Å²) in [7, 11) is 1.75. The van der Waals surface area contributed by atoms with E-state index in [0.29, 0.717) is 5.41 Å². The normalized spacial score (nSPS) is 21.0. The maximum absolute atomic E-state index is 5.02. The molecule has 0 bridgehead atoms. The molecule has 0 spiro atoms. The molecule has 0 amide bonds. The standard InChI is InChI=1S/C11H24N2O/c1-3-11(4-6-12-7-5-11)10-13-8-9-14-2/h12-13H,3-10H2,1-2H3. The van der Waals surface area contributed by atoms with Crippen molar-refractivity contribution in [3.05, 3.63) is 0 Å². The Kier molecular flexibility index (Phi) is 5.45. The minimum atomic E-state index is 0.541. The Bertz CT molecular complexity index is 144. The van der Waals surface area contributed by atoms with Crippen LogP contribution >= 0.6 is 0 Å². The summed E-state index contributed by atoms with van der Waals surface area (Å²) in [5.74, 6) is 0. The van der Waals surface area contributed by atoms with Crippen LogP contribution in [0.1, 0.15) is 26.2 Å². The highest BCUT2D eigenvalue weighted by Crippen LogP contribution is 2.31. The Morgan fingerprint density at radius 1 is 1.36 bits per heavy atom. The third-order valence-electron chi connectivity index (χ3n) is 3.40. The predicted octanol–water partition coefficient (Wildman–Crippen LogP) is 1.00. The molecule has 84 valence electrons. The number of ether oxygens (including phenoxy) is 1. The van der Waals surface area contributed by atoms with Gasteiger partial charge in [-0.2, -0.15) is 0 Å². The van der Waals surface area contributed by atoms with E-state index in [2.05, 4.69) is 17.6 Å². The Labute approximate surface area is 87.6 Å². The second-order valence-electron chi connectivity index (χ2n) is 4.27. The minimum absolute atomic E-state index is 0.541. The van der Waals surface area contributed by atoms with Crippen LogP contribution in [0, 0.1) is 5.41 Å². The molecule has 1 fully saturated rings. The molecule has 1 saturated heterocycles. The molecule has 0 aromatic heterocycles. The van der Waals surface area contributed by atoms with Crippen molar-refractivity contribution in [2.75, 3.05) is 39.9 Å². The van der Waals surface area contributed by atoms with Gasteiger partial charge in [0.15, 0.2) is 0 Å². The lowest BCUT2D eigenvalue weighted by atomic mass is 9.76. The summed E-state index contributed by atoms with van der Waals surface area (Å²) in [4.78, 5) is 0. The molecule has 14 heavy (non-hydrogen) atoms. The lowest BCUT2D eigenvalue weighted by Gasteiger charge is -2.37. The summed E-state index contributed by atoms with van der Waals surface area (Å²) in [6.45, 7) is 7.61. The van der Waals surface area contributed by atoms with Crippen LogP contribution < -0.4 is 10.6 Å². The van der Waals surface area contributed by atoms with Crippen molar-refractivity contribution in [3.63, 3.8) is 0 Å². The first kappa shape index (κ1) is 12.0. The smallest absolute Gasteiger partial charge is 0.0587 e. The molecular weight excluding hydrogens is 176 g/mol. The first-order chi connectivity index (χ1) is 6.83. The van der Waals surface area contributed by atoms with Crippen LogP contribution in [0.3, 0.4) is 0 Å². The van der Waals surface area contributed by atoms with Gasteiger partial charge in [0.2, 0.25) is 0 Å². The van der Waals surface area contributed by atoms with Gasteiger partial charge in [-0.05, 0) is 37.8 Å². The average molecular weight is 200 g/mol. The molecule has 0 aliphatic carbocycles. The largest absolute Gasteiger partial charge is 0.383 e. The quantitative estimate of drug-likeness (QED) is 0.628. The van der Waals surface area contributed by atoms with E-state index in [0.717, 1.165) is 19.7 Å². The van der Waals surface area contributed by atoms with E-state index >= 15 is 0 Å². The van der Waals surface area contributed by atoms with Crippen molar-refractivity contribution in [2.45, 2.75) is 26.2 Å². The molecule has 0 atom stereocenters. The van der Waals surface area contributed by atoms with Crippen molar-refractivity contribution in [1.29, 1.82) is 0 Å². The van der Waals surface area contributed by atoms with Gasteiger partial charge >= 0.3 is 0 Å². The number of piperidine rings is 1. The van der Waals surface area contributed by atoms with Crippen LogP contribution in [0.25, 0.3) is 0 Å². The second-order valence-corrected chi connectivity index (χ2v) is 4.27. The third-order valence-corrected chi connectivity index (χ3v) is 3.40. The number of nitrogens with one attached hydrogen (secondary N) is 2. The first-order valence-electron chi connectivity index (χ1n) is 5.73. The van der Waals surface area contributed by atoms with Gasteiger partial charge < -0.3 is 15.4 Å². The highest BCUT2D eigenvalue weighted by Gasteiger charge is 2.29. The Morgan fingerprint density at radius 3 is 2.64 bits per heavy atom. The fourth-order valence-electron chi connectivity index (χ4n) is 2.14. The molecule has 0 aromatic rings. The predicted molar refractivity (Wildman–Crippen MR) is 59.6 cm³/mol. The first-order valence-corrected chi connectivity index (χ1v) is 5.73. The molecule has 0 saturated carbocycles. The Morgan fingerprint density at radius 2 is 2.07 bits per heavy atom. The fraction of sp³-hybridized carbons (Fsp3) is 1.00. The fourth-order valence-corrected chi connectivity index (χ4v) is 2.14. The lowest BCUT2D eigenvalue weighted by Crippen LogP contribution is -2.43. The molecule has 3 nitrogen and oxygen atoms in total. The van der Waals surface area contributed by atoms with Crippen molar-refractivity contribution in [2.24, 2.45) is 5.41 Å². The zero-order chi connectivity index (χ0) is 10.3. The summed E-state index contributed by atoms with van der Waals surface area (Å²) in [5.41, 5.74) is 0.541. The van der Waals surface area contributed by atoms with E-state index < -0.39 is 0 Å². The van der Waals surface area contributed by atoms with E-state index in [1.807, 2.05) is 0 Å². The van der Waals surface area contributed by atoms with Gasteiger partial charge in [-0.1, -0.05) is 6.92 Å². The average Bonchev–Trinajstić information content (AvgIpc) is 2.26. The van der Waals surface area contributed by atoms with Gasteiger partial charge in [-0.3, -0.25) is 0 Å². The molecule has 2 N–H and O–H groups in total. The monoisotopic (exact) mass is 200 g/mol. The van der Waals surface area contributed by atoms with Crippen LogP contribution in [0.5, 0.6) is 0 Å². The summed E-state index contributed by atoms with van der Waals surface area (Å²) in [6, 6.07) is 0. The van der Waals surface area contributed by atoms with Gasteiger partial charge in [0.05, 0.1) is 6.61 Å². The second kappa shape index (κ2) is 6.38. The zero-order valence-electron chi connectivity index (χ0n) is 9.57. The van der Waals surface area contributed by atoms with Gasteiger partial charge in [0, 0.05) is 20.2 Å². The number of methoxy groups -OCH3 is 1. The highest BCUT2D eigenvalue weighted by molar-refractivity contribution is 4.85. The SMILES string of the molecule is CCC1(CNCCOC)CCNCC1. The molecule has 1 aliphatic heterocycles. The molecule has 0 radical (unpaired) electrons. The molecule has 1 heterocycles. The van der Waals surface area contributed by atoms with E-state index in [4.69, 9.17) is 4.74 Å². The lowest BCUT2D eigenvalue weighted by molar-refractivity contribution is 0.165. The van der Waals surface area contributed by atoms with Gasteiger partial charge in [0.1, 0.15) is 0 Å². The number of rotatable bonds is 6. The Balaban J connectivity index is 2.22.